The summed E-state index contributed by atoms with van der Waals surface area (Å²) in [7, 11) is 0. The van der Waals surface area contributed by atoms with E-state index in [0.29, 0.717) is 32.6 Å². The van der Waals surface area contributed by atoms with Gasteiger partial charge in [-0.2, -0.15) is 0 Å². The molecule has 3 rings (SSSR count). The topological polar surface area (TPSA) is 66.6 Å². The van der Waals surface area contributed by atoms with Gasteiger partial charge in [-0.05, 0) is 30.9 Å². The first-order valence-electron chi connectivity index (χ1n) is 8.15. The molecule has 0 aliphatic carbocycles. The van der Waals surface area contributed by atoms with Crippen LogP contribution in [0.25, 0.3) is 0 Å². The van der Waals surface area contributed by atoms with Crippen molar-refractivity contribution in [2.24, 2.45) is 11.7 Å². The fourth-order valence-corrected chi connectivity index (χ4v) is 3.77. The molecule has 1 aromatic rings. The first-order valence-corrected chi connectivity index (χ1v) is 8.15. The van der Waals surface area contributed by atoms with Crippen molar-refractivity contribution in [3.63, 3.8) is 0 Å². The summed E-state index contributed by atoms with van der Waals surface area (Å²) in [6.07, 6.45) is 2.02. The summed E-state index contributed by atoms with van der Waals surface area (Å²) in [5, 5.41) is 0. The predicted molar refractivity (Wildman–Crippen MR) is 91.4 cm³/mol. The lowest BCUT2D eigenvalue weighted by atomic mass is 9.83. The summed E-state index contributed by atoms with van der Waals surface area (Å²) >= 11 is 0. The second-order valence-electron chi connectivity index (χ2n) is 6.26. The highest BCUT2D eigenvalue weighted by Crippen LogP contribution is 2.31. The van der Waals surface area contributed by atoms with E-state index < -0.39 is 5.82 Å². The lowest BCUT2D eigenvalue weighted by Crippen LogP contribution is -2.57. The molecule has 2 heterocycles. The highest BCUT2D eigenvalue weighted by Gasteiger charge is 2.40. The Morgan fingerprint density at radius 1 is 1.29 bits per heavy atom. The van der Waals surface area contributed by atoms with Crippen LogP contribution in [0.4, 0.5) is 4.39 Å². The maximum absolute atomic E-state index is 13.8. The number of amides is 2. The van der Waals surface area contributed by atoms with Crippen molar-refractivity contribution in [3.8, 4) is 0 Å². The molecule has 0 radical (unpaired) electrons. The number of carbonyl (C=O) groups excluding carboxylic acids is 2. The van der Waals surface area contributed by atoms with Gasteiger partial charge in [-0.1, -0.05) is 12.1 Å². The SMILES string of the molecule is Cl.NCCN1C(=O)CC[C@H]2CN(C(=O)c3ccccc3F)CC[C@H]21. The van der Waals surface area contributed by atoms with E-state index in [1.54, 1.807) is 17.0 Å². The van der Waals surface area contributed by atoms with Crippen molar-refractivity contribution in [2.45, 2.75) is 25.3 Å². The minimum Gasteiger partial charge on any atom is -0.338 e. The Kier molecular flexibility index (Phi) is 6.18. The van der Waals surface area contributed by atoms with Crippen molar-refractivity contribution in [2.75, 3.05) is 26.2 Å². The zero-order chi connectivity index (χ0) is 16.4. The molecule has 0 spiro atoms. The molecular formula is C17H23ClFN3O2. The zero-order valence-corrected chi connectivity index (χ0v) is 14.3. The average molecular weight is 356 g/mol. The number of benzene rings is 1. The normalized spacial score (nSPS) is 23.5. The van der Waals surface area contributed by atoms with Crippen LogP contribution in [0.5, 0.6) is 0 Å². The summed E-state index contributed by atoms with van der Waals surface area (Å²) in [4.78, 5) is 28.2. The molecule has 2 fully saturated rings. The lowest BCUT2D eigenvalue weighted by Gasteiger charge is -2.47. The Labute approximate surface area is 147 Å². The third-order valence-corrected chi connectivity index (χ3v) is 4.90. The van der Waals surface area contributed by atoms with Gasteiger partial charge in [0.1, 0.15) is 5.82 Å². The third-order valence-electron chi connectivity index (χ3n) is 4.90. The van der Waals surface area contributed by atoms with E-state index in [1.165, 1.54) is 12.1 Å². The fourth-order valence-electron chi connectivity index (χ4n) is 3.77. The monoisotopic (exact) mass is 355 g/mol. The molecule has 2 aliphatic rings. The number of halogens is 2. The van der Waals surface area contributed by atoms with Crippen LogP contribution < -0.4 is 5.73 Å². The van der Waals surface area contributed by atoms with E-state index in [1.807, 2.05) is 4.90 Å². The molecule has 0 saturated carbocycles. The van der Waals surface area contributed by atoms with Crippen molar-refractivity contribution in [1.82, 2.24) is 9.80 Å². The quantitative estimate of drug-likeness (QED) is 0.896. The number of fused-ring (bicyclic) bond motifs is 1. The van der Waals surface area contributed by atoms with Crippen molar-refractivity contribution in [3.05, 3.63) is 35.6 Å². The standard InChI is InChI=1S/C17H22FN3O2.ClH/c18-14-4-2-1-3-13(14)17(23)20-9-7-15-12(11-20)5-6-16(22)21(15)10-8-19;/h1-4,12,15H,5-11,19H2;1H/t12-,15+;/m0./s1. The molecule has 0 aromatic heterocycles. The van der Waals surface area contributed by atoms with Crippen LogP contribution in [0, 0.1) is 11.7 Å². The van der Waals surface area contributed by atoms with Crippen LogP contribution >= 0.6 is 12.4 Å². The Morgan fingerprint density at radius 2 is 2.04 bits per heavy atom. The van der Waals surface area contributed by atoms with Gasteiger partial charge in [-0.3, -0.25) is 9.59 Å². The third kappa shape index (κ3) is 3.54. The van der Waals surface area contributed by atoms with Gasteiger partial charge in [0.2, 0.25) is 5.91 Å². The molecule has 2 amide bonds. The molecule has 5 nitrogen and oxygen atoms in total. The van der Waals surface area contributed by atoms with Crippen LogP contribution in [-0.4, -0.2) is 53.8 Å². The Hall–Kier alpha value is -1.66. The molecule has 0 unspecified atom stereocenters. The number of nitrogens with zero attached hydrogens (tertiary/aromatic N) is 2. The average Bonchev–Trinajstić information content (AvgIpc) is 2.57. The predicted octanol–water partition coefficient (Wildman–Crippen LogP) is 1.66. The Bertz CT molecular complexity index is 613. The van der Waals surface area contributed by atoms with Crippen LogP contribution in [0.1, 0.15) is 29.6 Å². The summed E-state index contributed by atoms with van der Waals surface area (Å²) in [6.45, 7) is 2.14. The maximum Gasteiger partial charge on any atom is 0.256 e. The molecule has 7 heteroatoms. The fraction of sp³-hybridized carbons (Fsp3) is 0.529. The van der Waals surface area contributed by atoms with Gasteiger partial charge < -0.3 is 15.5 Å². The molecule has 132 valence electrons. The van der Waals surface area contributed by atoms with Crippen LogP contribution in [0.2, 0.25) is 0 Å². The molecule has 2 saturated heterocycles. The summed E-state index contributed by atoms with van der Waals surface area (Å²) < 4.78 is 13.8. The summed E-state index contributed by atoms with van der Waals surface area (Å²) in [5.74, 6) is -0.332. The van der Waals surface area contributed by atoms with E-state index in [2.05, 4.69) is 0 Å². The van der Waals surface area contributed by atoms with Crippen LogP contribution in [0.15, 0.2) is 24.3 Å². The van der Waals surface area contributed by atoms with Crippen molar-refractivity contribution in [1.29, 1.82) is 0 Å². The minimum atomic E-state index is -0.483. The second-order valence-corrected chi connectivity index (χ2v) is 6.26. The van der Waals surface area contributed by atoms with E-state index >= 15 is 0 Å². The number of likely N-dealkylation sites (tertiary alicyclic amines) is 2. The highest BCUT2D eigenvalue weighted by atomic mass is 35.5. The van der Waals surface area contributed by atoms with Crippen molar-refractivity contribution >= 4 is 24.2 Å². The molecule has 2 N–H and O–H groups in total. The number of rotatable bonds is 3. The highest BCUT2D eigenvalue weighted by molar-refractivity contribution is 5.94. The van der Waals surface area contributed by atoms with Gasteiger partial charge in [-0.25, -0.2) is 4.39 Å². The lowest BCUT2D eigenvalue weighted by molar-refractivity contribution is -0.140. The van der Waals surface area contributed by atoms with E-state index in [0.717, 1.165) is 12.8 Å². The summed E-state index contributed by atoms with van der Waals surface area (Å²) in [5.41, 5.74) is 5.73. The summed E-state index contributed by atoms with van der Waals surface area (Å²) in [6, 6.07) is 6.24. The van der Waals surface area contributed by atoms with Gasteiger partial charge in [-0.15, -0.1) is 12.4 Å². The number of hydrogen-bond donors (Lipinski definition) is 1. The van der Waals surface area contributed by atoms with E-state index in [-0.39, 0.29) is 41.7 Å². The molecule has 24 heavy (non-hydrogen) atoms. The minimum absolute atomic E-state index is 0. The van der Waals surface area contributed by atoms with Gasteiger partial charge in [0.25, 0.3) is 5.91 Å². The molecule has 1 aromatic carbocycles. The van der Waals surface area contributed by atoms with Crippen molar-refractivity contribution < 1.29 is 14.0 Å². The van der Waals surface area contributed by atoms with Gasteiger partial charge in [0.15, 0.2) is 0 Å². The second kappa shape index (κ2) is 7.94. The first kappa shape index (κ1) is 18.7. The zero-order valence-electron chi connectivity index (χ0n) is 13.5. The molecule has 0 bridgehead atoms. The van der Waals surface area contributed by atoms with E-state index in [4.69, 9.17) is 5.73 Å². The number of nitrogens with two attached hydrogens (primary N) is 1. The molecular weight excluding hydrogens is 333 g/mol. The van der Waals surface area contributed by atoms with Gasteiger partial charge in [0, 0.05) is 38.6 Å². The number of piperidine rings is 2. The largest absolute Gasteiger partial charge is 0.338 e. The van der Waals surface area contributed by atoms with Gasteiger partial charge >= 0.3 is 0 Å². The molecule has 2 atom stereocenters. The smallest absolute Gasteiger partial charge is 0.256 e. The molecule has 2 aliphatic heterocycles. The van der Waals surface area contributed by atoms with Crippen LogP contribution in [0.3, 0.4) is 0 Å². The van der Waals surface area contributed by atoms with E-state index in [9.17, 15) is 14.0 Å². The Morgan fingerprint density at radius 3 is 2.75 bits per heavy atom. The maximum atomic E-state index is 13.8. The number of carbonyl (C=O) groups is 2. The number of hydrogen-bond acceptors (Lipinski definition) is 3. The Balaban J connectivity index is 0.00000208. The first-order chi connectivity index (χ1) is 11.1. The van der Waals surface area contributed by atoms with Gasteiger partial charge in [0.05, 0.1) is 5.56 Å². The van der Waals surface area contributed by atoms with Crippen LogP contribution in [-0.2, 0) is 4.79 Å².